The van der Waals surface area contributed by atoms with Crippen LogP contribution in [0.25, 0.3) is 0 Å². The molecular weight excluding hydrogens is 409 g/mol. The number of hydrogen-bond acceptors (Lipinski definition) is 4. The number of hydrogen-bond donors (Lipinski definition) is 2. The van der Waals surface area contributed by atoms with Gasteiger partial charge < -0.3 is 10.4 Å². The second-order valence-corrected chi connectivity index (χ2v) is 8.62. The highest BCUT2D eigenvalue weighted by atomic mass is 32.2. The summed E-state index contributed by atoms with van der Waals surface area (Å²) in [6.07, 6.45) is 0.114. The Morgan fingerprint density at radius 1 is 1.17 bits per heavy atom. The molecule has 2 aromatic carbocycles. The van der Waals surface area contributed by atoms with Crippen molar-refractivity contribution in [1.29, 1.82) is 0 Å². The van der Waals surface area contributed by atoms with Gasteiger partial charge in [0.1, 0.15) is 6.67 Å². The van der Waals surface area contributed by atoms with Crippen LogP contribution in [0.4, 0.5) is 18.9 Å². The number of aliphatic hydroxyl groups excluding tert-OH is 1. The Hall–Kier alpha value is -2.43. The van der Waals surface area contributed by atoms with Crippen molar-refractivity contribution in [3.8, 4) is 0 Å². The highest BCUT2D eigenvalue weighted by Crippen LogP contribution is 2.23. The van der Waals surface area contributed by atoms with Crippen molar-refractivity contribution in [3.05, 3.63) is 59.2 Å². The Labute approximate surface area is 166 Å². The third-order valence-corrected chi connectivity index (χ3v) is 6.56. The second-order valence-electron chi connectivity index (χ2n) is 6.68. The predicted molar refractivity (Wildman–Crippen MR) is 99.6 cm³/mol. The maximum absolute atomic E-state index is 13.5. The van der Waals surface area contributed by atoms with E-state index in [1.165, 1.54) is 28.6 Å². The monoisotopic (exact) mass is 428 g/mol. The van der Waals surface area contributed by atoms with Crippen molar-refractivity contribution in [2.24, 2.45) is 0 Å². The van der Waals surface area contributed by atoms with Gasteiger partial charge in [-0.3, -0.25) is 4.79 Å². The number of aliphatic hydroxyl groups is 1. The number of carbonyl (C=O) groups excluding carboxylic acids is 1. The molecule has 0 radical (unpaired) electrons. The van der Waals surface area contributed by atoms with Crippen molar-refractivity contribution in [2.75, 3.05) is 18.4 Å². The van der Waals surface area contributed by atoms with Crippen molar-refractivity contribution in [1.82, 2.24) is 4.31 Å². The zero-order valence-corrected chi connectivity index (χ0v) is 16.1. The summed E-state index contributed by atoms with van der Waals surface area (Å²) in [6.45, 7) is -0.910. The molecular formula is C19H19F3N2O4S. The predicted octanol–water partition coefficient (Wildman–Crippen LogP) is 2.83. The summed E-state index contributed by atoms with van der Waals surface area (Å²) in [7, 11) is -3.85. The van der Waals surface area contributed by atoms with E-state index < -0.39 is 45.9 Å². The van der Waals surface area contributed by atoms with Gasteiger partial charge in [0.05, 0.1) is 11.0 Å². The number of sulfonamides is 1. The molecule has 0 aromatic heterocycles. The van der Waals surface area contributed by atoms with E-state index in [9.17, 15) is 31.5 Å². The number of nitrogens with zero attached hydrogens (tertiary/aromatic N) is 1. The Balaban J connectivity index is 1.82. The van der Waals surface area contributed by atoms with Crippen LogP contribution in [0.2, 0.25) is 0 Å². The lowest BCUT2D eigenvalue weighted by molar-refractivity contribution is 0.102. The van der Waals surface area contributed by atoms with E-state index in [-0.39, 0.29) is 29.2 Å². The van der Waals surface area contributed by atoms with E-state index in [2.05, 4.69) is 5.32 Å². The standard InChI is InChI=1S/C19H19F3N2O4S/c20-11-13-8-14(10-17(21)18(13)22)23-19(26)12-2-1-3-16(9-12)29(27,28)24-6-4-15(25)5-7-24/h1-3,8-10,15,25H,4-7,11H2,(H,23,26). The Morgan fingerprint density at radius 2 is 1.86 bits per heavy atom. The zero-order valence-electron chi connectivity index (χ0n) is 15.2. The number of nitrogens with one attached hydrogen (secondary N) is 1. The van der Waals surface area contributed by atoms with Crippen LogP contribution in [0.15, 0.2) is 41.3 Å². The quantitative estimate of drug-likeness (QED) is 0.767. The van der Waals surface area contributed by atoms with Crippen LogP contribution in [0.3, 0.4) is 0 Å². The molecule has 1 fully saturated rings. The fourth-order valence-electron chi connectivity index (χ4n) is 3.05. The SMILES string of the molecule is O=C(Nc1cc(F)c(F)c(CF)c1)c1cccc(S(=O)(=O)N2CCC(O)CC2)c1. The minimum atomic E-state index is -3.85. The Morgan fingerprint density at radius 3 is 2.52 bits per heavy atom. The van der Waals surface area contributed by atoms with Gasteiger partial charge in [0.15, 0.2) is 11.6 Å². The lowest BCUT2D eigenvalue weighted by Crippen LogP contribution is -2.40. The summed E-state index contributed by atoms with van der Waals surface area (Å²) in [4.78, 5) is 12.3. The van der Waals surface area contributed by atoms with Crippen molar-refractivity contribution in [2.45, 2.75) is 30.5 Å². The third kappa shape index (κ3) is 4.60. The van der Waals surface area contributed by atoms with Crippen LogP contribution in [0.5, 0.6) is 0 Å². The van der Waals surface area contributed by atoms with Gasteiger partial charge >= 0.3 is 0 Å². The highest BCUT2D eigenvalue weighted by Gasteiger charge is 2.29. The Kier molecular flexibility index (Phi) is 6.25. The fourth-order valence-corrected chi connectivity index (χ4v) is 4.56. The molecule has 6 nitrogen and oxygen atoms in total. The van der Waals surface area contributed by atoms with Crippen molar-refractivity contribution >= 4 is 21.6 Å². The van der Waals surface area contributed by atoms with Crippen LogP contribution in [0, 0.1) is 11.6 Å². The molecule has 0 bridgehead atoms. The summed E-state index contributed by atoms with van der Waals surface area (Å²) in [5, 5.41) is 11.9. The molecule has 1 aliphatic rings. The minimum absolute atomic E-state index is 0.0188. The molecule has 1 saturated heterocycles. The average Bonchev–Trinajstić information content (AvgIpc) is 2.71. The van der Waals surface area contributed by atoms with Crippen molar-refractivity contribution in [3.63, 3.8) is 0 Å². The molecule has 0 saturated carbocycles. The van der Waals surface area contributed by atoms with Gasteiger partial charge in [-0.25, -0.2) is 21.6 Å². The number of benzene rings is 2. The molecule has 156 valence electrons. The highest BCUT2D eigenvalue weighted by molar-refractivity contribution is 7.89. The van der Waals surface area contributed by atoms with Gasteiger partial charge in [0.2, 0.25) is 10.0 Å². The first kappa shape index (κ1) is 21.3. The van der Waals surface area contributed by atoms with Gasteiger partial charge in [-0.15, -0.1) is 0 Å². The minimum Gasteiger partial charge on any atom is -0.393 e. The molecule has 1 aliphatic heterocycles. The van der Waals surface area contributed by atoms with Crippen LogP contribution < -0.4 is 5.32 Å². The third-order valence-electron chi connectivity index (χ3n) is 4.66. The van der Waals surface area contributed by atoms with Gasteiger partial charge in [0.25, 0.3) is 5.91 Å². The van der Waals surface area contributed by atoms with E-state index in [0.29, 0.717) is 18.9 Å². The fraction of sp³-hybridized carbons (Fsp3) is 0.316. The molecule has 0 aliphatic carbocycles. The average molecular weight is 428 g/mol. The van der Waals surface area contributed by atoms with Crippen molar-refractivity contribution < 1.29 is 31.5 Å². The maximum atomic E-state index is 13.5. The summed E-state index contributed by atoms with van der Waals surface area (Å²) in [6, 6.07) is 6.95. The number of amides is 1. The molecule has 10 heteroatoms. The number of halogens is 3. The van der Waals surface area contributed by atoms with Gasteiger partial charge in [-0.2, -0.15) is 4.31 Å². The topological polar surface area (TPSA) is 86.7 Å². The first-order valence-electron chi connectivity index (χ1n) is 8.86. The van der Waals surface area contributed by atoms with E-state index in [1.54, 1.807) is 0 Å². The number of anilines is 1. The maximum Gasteiger partial charge on any atom is 0.255 e. The van der Waals surface area contributed by atoms with Gasteiger partial charge in [-0.1, -0.05) is 6.07 Å². The molecule has 2 aromatic rings. The zero-order chi connectivity index (χ0) is 21.2. The summed E-state index contributed by atoms with van der Waals surface area (Å²) in [5.74, 6) is -3.39. The first-order chi connectivity index (χ1) is 13.7. The number of piperidine rings is 1. The van der Waals surface area contributed by atoms with Gasteiger partial charge in [-0.05, 0) is 37.1 Å². The second kappa shape index (κ2) is 8.52. The van der Waals surface area contributed by atoms with Gasteiger partial charge in [0, 0.05) is 36.0 Å². The molecule has 1 heterocycles. The molecule has 0 spiro atoms. The van der Waals surface area contributed by atoms with Crippen LogP contribution >= 0.6 is 0 Å². The van der Waals surface area contributed by atoms with Crippen LogP contribution in [0.1, 0.15) is 28.8 Å². The molecule has 3 rings (SSSR count). The van der Waals surface area contributed by atoms with Crippen LogP contribution in [-0.4, -0.2) is 42.9 Å². The normalized spacial score (nSPS) is 16.0. The molecule has 29 heavy (non-hydrogen) atoms. The van der Waals surface area contributed by atoms with Crippen LogP contribution in [-0.2, 0) is 16.7 Å². The number of alkyl halides is 1. The van der Waals surface area contributed by atoms with E-state index in [1.807, 2.05) is 0 Å². The summed E-state index contributed by atoms with van der Waals surface area (Å²) < 4.78 is 66.5. The molecule has 0 unspecified atom stereocenters. The Bertz CT molecular complexity index is 1020. The molecule has 2 N–H and O–H groups in total. The lowest BCUT2D eigenvalue weighted by Gasteiger charge is -2.28. The molecule has 0 atom stereocenters. The number of carbonyl (C=O) groups is 1. The largest absolute Gasteiger partial charge is 0.393 e. The smallest absolute Gasteiger partial charge is 0.255 e. The lowest BCUT2D eigenvalue weighted by atomic mass is 10.1. The van der Waals surface area contributed by atoms with E-state index in [0.717, 1.165) is 6.07 Å². The summed E-state index contributed by atoms with van der Waals surface area (Å²) >= 11 is 0. The van der Waals surface area contributed by atoms with E-state index in [4.69, 9.17) is 0 Å². The molecule has 1 amide bonds. The summed E-state index contributed by atoms with van der Waals surface area (Å²) in [5.41, 5.74) is -0.710. The number of rotatable bonds is 5. The first-order valence-corrected chi connectivity index (χ1v) is 10.3. The van der Waals surface area contributed by atoms with E-state index >= 15 is 0 Å².